The van der Waals surface area contributed by atoms with Crippen LogP contribution in [0.3, 0.4) is 0 Å². The number of halogens is 1. The summed E-state index contributed by atoms with van der Waals surface area (Å²) < 4.78 is 5.75. The van der Waals surface area contributed by atoms with Crippen molar-refractivity contribution in [3.05, 3.63) is 149 Å². The molecule has 3 heterocycles. The van der Waals surface area contributed by atoms with E-state index in [-0.39, 0.29) is 24.1 Å². The molecule has 212 valence electrons. The van der Waals surface area contributed by atoms with Gasteiger partial charge in [0.05, 0.1) is 12.0 Å². The molecule has 3 aliphatic rings. The molecule has 3 aliphatic heterocycles. The van der Waals surface area contributed by atoms with E-state index in [1.54, 1.807) is 54.6 Å². The summed E-state index contributed by atoms with van der Waals surface area (Å²) in [7, 11) is 0. The highest BCUT2D eigenvalue weighted by molar-refractivity contribution is 6.30. The standard InChI is InChI=1S/C36H27ClN2O4/c1-2-20-43-26-10-7-9-24(21-26)32(40)30-31(33(41)23-14-16-25(37)17-15-23)39-19-18-22-8-3-4-11-27(22)34(39)36(30)28-12-5-6-13-29(28)38-35(36)42/h2-19,21,30-31,34H,1,20H2,(H,38,42)/t30-,31+,34+,36-/m0/s1. The minimum Gasteiger partial charge on any atom is -0.490 e. The number of para-hydroxylation sites is 1. The number of carbonyl (C=O) groups excluding carboxylic acids is 3. The number of carbonyl (C=O) groups is 3. The lowest BCUT2D eigenvalue weighted by atomic mass is 9.62. The van der Waals surface area contributed by atoms with Crippen LogP contribution in [0.4, 0.5) is 5.69 Å². The molecular weight excluding hydrogens is 560 g/mol. The Morgan fingerprint density at radius 1 is 0.930 bits per heavy atom. The zero-order chi connectivity index (χ0) is 29.7. The van der Waals surface area contributed by atoms with Crippen LogP contribution in [-0.4, -0.2) is 35.0 Å². The average molecular weight is 587 g/mol. The third-order valence-corrected chi connectivity index (χ3v) is 8.99. The van der Waals surface area contributed by atoms with Crippen LogP contribution in [0.25, 0.3) is 6.08 Å². The number of rotatable bonds is 7. The molecule has 6 nitrogen and oxygen atoms in total. The number of ketones is 2. The van der Waals surface area contributed by atoms with E-state index in [1.807, 2.05) is 65.7 Å². The molecule has 0 bridgehead atoms. The molecule has 4 aromatic carbocycles. The van der Waals surface area contributed by atoms with Gasteiger partial charge in [-0.25, -0.2) is 0 Å². The van der Waals surface area contributed by atoms with Gasteiger partial charge < -0.3 is 15.0 Å². The van der Waals surface area contributed by atoms with Crippen molar-refractivity contribution in [2.45, 2.75) is 17.5 Å². The smallest absolute Gasteiger partial charge is 0.238 e. The molecule has 1 spiro atoms. The summed E-state index contributed by atoms with van der Waals surface area (Å²) in [5.41, 5.74) is 2.51. The molecule has 1 N–H and O–H groups in total. The summed E-state index contributed by atoms with van der Waals surface area (Å²) in [5, 5.41) is 3.57. The van der Waals surface area contributed by atoms with Crippen LogP contribution in [0.15, 0.2) is 116 Å². The van der Waals surface area contributed by atoms with Crippen LogP contribution in [-0.2, 0) is 10.2 Å². The van der Waals surface area contributed by atoms with Crippen molar-refractivity contribution in [1.29, 1.82) is 0 Å². The van der Waals surface area contributed by atoms with Crippen molar-refractivity contribution < 1.29 is 19.1 Å². The Hall–Kier alpha value is -4.94. The minimum absolute atomic E-state index is 0.267. The monoisotopic (exact) mass is 586 g/mol. The molecule has 1 fully saturated rings. The van der Waals surface area contributed by atoms with Gasteiger partial charge in [0, 0.05) is 28.0 Å². The second-order valence-corrected chi connectivity index (χ2v) is 11.4. The Kier molecular flexibility index (Phi) is 6.51. The molecule has 7 heteroatoms. The van der Waals surface area contributed by atoms with E-state index in [4.69, 9.17) is 16.3 Å². The van der Waals surface area contributed by atoms with Gasteiger partial charge in [-0.3, -0.25) is 14.4 Å². The van der Waals surface area contributed by atoms with Gasteiger partial charge in [-0.2, -0.15) is 0 Å². The highest BCUT2D eigenvalue weighted by atomic mass is 35.5. The molecule has 0 aromatic heterocycles. The van der Waals surface area contributed by atoms with E-state index < -0.39 is 23.4 Å². The summed E-state index contributed by atoms with van der Waals surface area (Å²) in [4.78, 5) is 46.0. The number of ether oxygens (including phenoxy) is 1. The number of hydrogen-bond acceptors (Lipinski definition) is 5. The van der Waals surface area contributed by atoms with Crippen LogP contribution in [0.5, 0.6) is 5.75 Å². The molecule has 0 saturated carbocycles. The predicted octanol–water partition coefficient (Wildman–Crippen LogP) is 6.89. The quantitative estimate of drug-likeness (QED) is 0.189. The lowest BCUT2D eigenvalue weighted by Gasteiger charge is -2.38. The fourth-order valence-corrected chi connectivity index (χ4v) is 7.15. The third kappa shape index (κ3) is 4.05. The van der Waals surface area contributed by atoms with Gasteiger partial charge in [0.15, 0.2) is 11.6 Å². The Morgan fingerprint density at radius 3 is 2.51 bits per heavy atom. The number of fused-ring (bicyclic) bond motifs is 6. The van der Waals surface area contributed by atoms with Crippen LogP contribution in [0.2, 0.25) is 5.02 Å². The lowest BCUT2D eigenvalue weighted by molar-refractivity contribution is -0.122. The van der Waals surface area contributed by atoms with Crippen molar-refractivity contribution in [3.63, 3.8) is 0 Å². The van der Waals surface area contributed by atoms with E-state index in [1.165, 1.54) is 0 Å². The zero-order valence-corrected chi connectivity index (χ0v) is 23.8. The number of hydrogen-bond donors (Lipinski definition) is 1. The SMILES string of the molecule is C=CCOc1cccc(C(=O)[C@@H]2[C@H](C(=O)c3ccc(Cl)cc3)N3C=Cc4ccccc4[C@@H]3[C@@]23C(=O)Nc2ccccc23)c1. The molecule has 7 rings (SSSR count). The van der Waals surface area contributed by atoms with Crippen molar-refractivity contribution in [2.24, 2.45) is 5.92 Å². The third-order valence-electron chi connectivity index (χ3n) is 8.74. The summed E-state index contributed by atoms with van der Waals surface area (Å²) in [5.74, 6) is -1.47. The Morgan fingerprint density at radius 2 is 1.70 bits per heavy atom. The molecule has 4 atom stereocenters. The Bertz CT molecular complexity index is 1830. The second-order valence-electron chi connectivity index (χ2n) is 10.9. The van der Waals surface area contributed by atoms with Crippen LogP contribution < -0.4 is 10.1 Å². The van der Waals surface area contributed by atoms with Crippen LogP contribution >= 0.6 is 11.6 Å². The van der Waals surface area contributed by atoms with E-state index in [2.05, 4.69) is 11.9 Å². The lowest BCUT2D eigenvalue weighted by Crippen LogP contribution is -2.49. The molecule has 0 radical (unpaired) electrons. The highest BCUT2D eigenvalue weighted by Crippen LogP contribution is 2.62. The van der Waals surface area contributed by atoms with E-state index >= 15 is 0 Å². The van der Waals surface area contributed by atoms with E-state index in [9.17, 15) is 14.4 Å². The first-order valence-electron chi connectivity index (χ1n) is 14.1. The molecule has 0 aliphatic carbocycles. The van der Waals surface area contributed by atoms with Gasteiger partial charge in [0.25, 0.3) is 0 Å². The van der Waals surface area contributed by atoms with Gasteiger partial charge in [0.1, 0.15) is 23.8 Å². The van der Waals surface area contributed by atoms with Crippen molar-refractivity contribution >= 4 is 40.8 Å². The molecule has 1 amide bonds. The summed E-state index contributed by atoms with van der Waals surface area (Å²) >= 11 is 6.17. The first-order valence-corrected chi connectivity index (χ1v) is 14.5. The van der Waals surface area contributed by atoms with E-state index in [0.717, 1.165) is 11.1 Å². The average Bonchev–Trinajstić information content (AvgIpc) is 3.52. The van der Waals surface area contributed by atoms with E-state index in [0.29, 0.717) is 33.1 Å². The highest BCUT2D eigenvalue weighted by Gasteiger charge is 2.70. The van der Waals surface area contributed by atoms with Crippen molar-refractivity contribution in [2.75, 3.05) is 11.9 Å². The van der Waals surface area contributed by atoms with Crippen molar-refractivity contribution in [3.8, 4) is 5.75 Å². The first kappa shape index (κ1) is 26.9. The maximum Gasteiger partial charge on any atom is 0.238 e. The molecule has 1 saturated heterocycles. The predicted molar refractivity (Wildman–Crippen MR) is 166 cm³/mol. The van der Waals surface area contributed by atoms with Crippen LogP contribution in [0.1, 0.15) is 43.4 Å². The van der Waals surface area contributed by atoms with Gasteiger partial charge in [-0.15, -0.1) is 0 Å². The van der Waals surface area contributed by atoms with Gasteiger partial charge >= 0.3 is 0 Å². The second kappa shape index (κ2) is 10.4. The fraction of sp³-hybridized carbons (Fsp3) is 0.139. The number of amides is 1. The molecule has 43 heavy (non-hydrogen) atoms. The number of benzene rings is 4. The molecular formula is C36H27ClN2O4. The summed E-state index contributed by atoms with van der Waals surface area (Å²) in [6.07, 6.45) is 5.43. The van der Waals surface area contributed by atoms with Crippen LogP contribution in [0, 0.1) is 5.92 Å². The van der Waals surface area contributed by atoms with Gasteiger partial charge in [-0.1, -0.05) is 78.9 Å². The minimum atomic E-state index is -1.40. The first-order chi connectivity index (χ1) is 20.9. The number of anilines is 1. The topological polar surface area (TPSA) is 75.7 Å². The molecule has 0 unspecified atom stereocenters. The maximum absolute atomic E-state index is 15.0. The number of Topliss-reactive ketones (excluding diaryl/α,β-unsaturated/α-hetero) is 2. The van der Waals surface area contributed by atoms with Gasteiger partial charge in [0.2, 0.25) is 5.91 Å². The number of nitrogens with zero attached hydrogens (tertiary/aromatic N) is 1. The summed E-state index contributed by atoms with van der Waals surface area (Å²) in [6.45, 7) is 3.98. The fourth-order valence-electron chi connectivity index (χ4n) is 7.03. The largest absolute Gasteiger partial charge is 0.490 e. The normalized spacial score (nSPS) is 22.9. The Balaban J connectivity index is 1.50. The number of nitrogens with one attached hydrogen (secondary N) is 1. The summed E-state index contributed by atoms with van der Waals surface area (Å²) in [6, 6.07) is 27.2. The maximum atomic E-state index is 15.0. The zero-order valence-electron chi connectivity index (χ0n) is 23.1. The Labute approximate surface area is 254 Å². The van der Waals surface area contributed by atoms with Crippen molar-refractivity contribution in [1.82, 2.24) is 4.90 Å². The van der Waals surface area contributed by atoms with Gasteiger partial charge in [-0.05, 0) is 65.2 Å². The molecule has 4 aromatic rings.